The molecule has 104 heavy (non-hydrogen) atoms. The zero-order valence-electron chi connectivity index (χ0n) is 68.0. The first-order chi connectivity index (χ1) is 46.3. The van der Waals surface area contributed by atoms with E-state index in [0.29, 0.717) is 61.2 Å². The molecule has 5 saturated heterocycles. The number of nitrogens with zero attached hydrogens (tertiary/aromatic N) is 4. The second-order valence-electron chi connectivity index (χ2n) is 38.0. The van der Waals surface area contributed by atoms with Crippen molar-refractivity contribution in [2.24, 2.45) is 108 Å². The van der Waals surface area contributed by atoms with E-state index < -0.39 is 88.5 Å². The summed E-state index contributed by atoms with van der Waals surface area (Å²) in [4.78, 5) is 142. The van der Waals surface area contributed by atoms with Crippen molar-refractivity contribution >= 4 is 90.6 Å². The Morgan fingerprint density at radius 1 is 0.404 bits per heavy atom. The van der Waals surface area contributed by atoms with Gasteiger partial charge in [-0.15, -0.1) is 24.8 Å². The van der Waals surface area contributed by atoms with Gasteiger partial charge in [-0.25, -0.2) is 33.6 Å². The number of urea groups is 1. The number of carbonyl (C=O) groups excluding carboxylic acids is 11. The molecule has 0 aromatic carbocycles. The quantitative estimate of drug-likeness (QED) is 0.102. The maximum Gasteiger partial charge on any atom is 0.411 e. The third-order valence-electron chi connectivity index (χ3n) is 24.2. The average Bonchev–Trinajstić information content (AvgIpc) is 1.53. The molecular formula is C75H129Cl2N9O18. The molecular weight excluding hydrogens is 1390 g/mol. The molecule has 6 N–H and O–H groups in total. The molecule has 0 aromatic heterocycles. The predicted molar refractivity (Wildman–Crippen MR) is 394 cm³/mol. The molecule has 596 valence electrons. The standard InChI is InChI=1S/C20H34N2O5.C17H29N3O4.C15H26N2O3.C14H23NO4.C9H15NO2.2ClH/c1-18(2,3)14(21-17(25)27-19(4,5)6)15(23)22-10-11-12(20(11,7)8)13(22)16(24)26-9;1-16(2,3)12(19-15(23)18-6)13(21)20-8-9-10(17(9,4)5)11(20)14(22)24-7;1-14(2,3)11(16)12(18)17-7-8-9(15(8,4)5)10(17)13(19)20-6;1-13(2,3)19-12(17)15-7-8-9(14(8,4)5)10(15)11(16)18-6;1-9(2)5-4-10-7(6(5)9)8(11)12-3;;/h11-14H,10H2,1-9H3,(H,21,25);9-12H,8H2,1-7H3,(H2,18,19,23);8-11H,7,16H2,1-6H3;8-10H,7H2,1-6H3;5-7,10H,4H2,1-3H3;2*1H/t11-,12-,13-,14+;9-,10-,11-,12+;8-,9-,10-,11+;8-,9-,10-;5-,6-,7?;;/m00000../s1. The van der Waals surface area contributed by atoms with Crippen molar-refractivity contribution < 1.29 is 85.9 Å². The summed E-state index contributed by atoms with van der Waals surface area (Å²) < 4.78 is 35.1. The molecule has 0 radical (unpaired) electrons. The lowest BCUT2D eigenvalue weighted by Crippen LogP contribution is -2.59. The minimum absolute atomic E-state index is 0. The van der Waals surface area contributed by atoms with Crippen molar-refractivity contribution in [1.82, 2.24) is 40.9 Å². The van der Waals surface area contributed by atoms with Gasteiger partial charge in [-0.1, -0.05) is 132 Å². The number of ether oxygens (including phenoxy) is 7. The number of methoxy groups -OCH3 is 5. The van der Waals surface area contributed by atoms with E-state index in [1.807, 2.05) is 83.1 Å². The Hall–Kier alpha value is -5.93. The van der Waals surface area contributed by atoms with Crippen LogP contribution in [0.2, 0.25) is 0 Å². The zero-order valence-corrected chi connectivity index (χ0v) is 69.6. The summed E-state index contributed by atoms with van der Waals surface area (Å²) >= 11 is 0. The molecule has 0 spiro atoms. The van der Waals surface area contributed by atoms with Gasteiger partial charge in [0.2, 0.25) is 17.7 Å². The van der Waals surface area contributed by atoms with Gasteiger partial charge in [-0.2, -0.15) is 0 Å². The number of halogens is 2. The molecule has 5 aliphatic heterocycles. The molecule has 27 nitrogen and oxygen atoms in total. The lowest BCUT2D eigenvalue weighted by atomic mass is 9.85. The first kappa shape index (κ1) is 90.5. The Labute approximate surface area is 630 Å². The monoisotopic (exact) mass is 1510 g/mol. The van der Waals surface area contributed by atoms with Gasteiger partial charge >= 0.3 is 48.1 Å². The Bertz CT molecular complexity index is 3220. The first-order valence-electron chi connectivity index (χ1n) is 36.1. The highest BCUT2D eigenvalue weighted by molar-refractivity contribution is 5.94. The Morgan fingerprint density at radius 3 is 0.962 bits per heavy atom. The minimum atomic E-state index is -0.805. The van der Waals surface area contributed by atoms with Crippen LogP contribution in [0.3, 0.4) is 0 Å². The molecule has 1 unspecified atom stereocenters. The smallest absolute Gasteiger partial charge is 0.411 e. The molecule has 0 aromatic rings. The minimum Gasteiger partial charge on any atom is -0.468 e. The van der Waals surface area contributed by atoms with Gasteiger partial charge in [0.05, 0.1) is 41.6 Å². The van der Waals surface area contributed by atoms with Gasteiger partial charge < -0.3 is 74.9 Å². The third kappa shape index (κ3) is 18.4. The van der Waals surface area contributed by atoms with E-state index >= 15 is 0 Å². The maximum absolute atomic E-state index is 13.3. The SMILES string of the molecule is CNC(=O)N[C@H](C(=O)N1C[C@H]2[C@@H]([C@H]1C(=O)OC)C2(C)C)C(C)(C)C.COC(=O)C1NC[C@H]2[C@@H]1C2(C)C.COC(=O)[C@@H]1[C@@H]2[C@H](CN1C(=O)OC(C)(C)C)C2(C)C.COC(=O)[C@@H]1[C@@H]2[C@H](CN1C(=O)[C@@H](N)C(C)(C)C)C2(C)C.COC(=O)[C@@H]1[C@@H]2[C@H](CN1C(=O)[C@@H](NC(=O)OC(C)(C)C)C(C)(C)C)C2(C)C.Cl.Cl. The van der Waals surface area contributed by atoms with E-state index in [-0.39, 0.29) is 129 Å². The average molecular weight is 1520 g/mol. The Kier molecular flexibility index (Phi) is 27.3. The summed E-state index contributed by atoms with van der Waals surface area (Å²) in [5.41, 5.74) is 4.13. The third-order valence-corrected chi connectivity index (χ3v) is 24.2. The summed E-state index contributed by atoms with van der Waals surface area (Å²) in [5.74, 6) is 0.906. The van der Waals surface area contributed by atoms with Gasteiger partial charge in [0.1, 0.15) is 53.5 Å². The van der Waals surface area contributed by atoms with Crippen LogP contribution in [-0.2, 0) is 71.5 Å². The molecule has 10 aliphatic rings. The number of piperidine rings is 5. The van der Waals surface area contributed by atoms with Crippen molar-refractivity contribution in [3.8, 4) is 0 Å². The number of nitrogens with two attached hydrogens (primary N) is 1. The van der Waals surface area contributed by atoms with Crippen molar-refractivity contribution in [3.05, 3.63) is 0 Å². The lowest BCUT2D eigenvalue weighted by Gasteiger charge is -2.37. The number of alkyl carbamates (subject to hydrolysis) is 1. The summed E-state index contributed by atoms with van der Waals surface area (Å²) in [7, 11) is 8.37. The van der Waals surface area contributed by atoms with Crippen LogP contribution in [0.25, 0.3) is 0 Å². The van der Waals surface area contributed by atoms with Gasteiger partial charge in [-0.05, 0) is 127 Å². The number of nitrogens with one attached hydrogen (secondary N) is 4. The number of fused-ring (bicyclic) bond motifs is 5. The molecule has 5 saturated carbocycles. The lowest BCUT2D eigenvalue weighted by molar-refractivity contribution is -0.154. The topological polar surface area (TPSA) is 339 Å². The highest BCUT2D eigenvalue weighted by Gasteiger charge is 2.74. The molecule has 7 amide bonds. The molecule has 5 aliphatic carbocycles. The van der Waals surface area contributed by atoms with E-state index in [2.05, 4.69) is 90.5 Å². The summed E-state index contributed by atoms with van der Waals surface area (Å²) in [5, 5.41) is 11.1. The van der Waals surface area contributed by atoms with Crippen molar-refractivity contribution in [2.45, 2.75) is 233 Å². The van der Waals surface area contributed by atoms with E-state index in [9.17, 15) is 52.7 Å². The molecule has 0 bridgehead atoms. The van der Waals surface area contributed by atoms with E-state index in [4.69, 9.17) is 38.9 Å². The van der Waals surface area contributed by atoms with Crippen LogP contribution in [0.15, 0.2) is 0 Å². The molecule has 5 heterocycles. The fourth-order valence-electron chi connectivity index (χ4n) is 17.3. The van der Waals surface area contributed by atoms with Crippen LogP contribution in [-0.4, -0.2) is 220 Å². The van der Waals surface area contributed by atoms with E-state index in [1.54, 1.807) is 35.5 Å². The zero-order chi connectivity index (χ0) is 78.4. The fraction of sp³-hybridized carbons (Fsp3) is 0.853. The number of rotatable bonds is 10. The van der Waals surface area contributed by atoms with Crippen LogP contribution in [0, 0.1) is 102 Å². The van der Waals surface area contributed by atoms with Gasteiger partial charge in [0.15, 0.2) is 0 Å². The normalized spacial score (nSPS) is 30.6. The summed E-state index contributed by atoms with van der Waals surface area (Å²) in [6.07, 6.45) is -1.07. The molecule has 18 atom stereocenters. The number of esters is 5. The van der Waals surface area contributed by atoms with E-state index in [0.717, 1.165) is 6.54 Å². The van der Waals surface area contributed by atoms with Gasteiger partial charge in [0, 0.05) is 56.9 Å². The van der Waals surface area contributed by atoms with Crippen LogP contribution < -0.4 is 27.0 Å². The van der Waals surface area contributed by atoms with Crippen LogP contribution in [0.5, 0.6) is 0 Å². The Balaban J connectivity index is 0.000000279. The summed E-state index contributed by atoms with van der Waals surface area (Å²) in [6.45, 7) is 52.5. The van der Waals surface area contributed by atoms with Crippen molar-refractivity contribution in [2.75, 3.05) is 75.3 Å². The van der Waals surface area contributed by atoms with Crippen molar-refractivity contribution in [3.63, 3.8) is 0 Å². The number of likely N-dealkylation sites (tertiary alicyclic amines) is 4. The Morgan fingerprint density at radius 2 is 0.692 bits per heavy atom. The summed E-state index contributed by atoms with van der Waals surface area (Å²) in [6, 6.07) is -4.73. The number of hydrogen-bond donors (Lipinski definition) is 5. The van der Waals surface area contributed by atoms with Gasteiger partial charge in [-0.3, -0.25) is 24.1 Å². The second-order valence-corrected chi connectivity index (χ2v) is 38.0. The number of amides is 7. The second kappa shape index (κ2) is 31.3. The molecule has 29 heteroatoms. The highest BCUT2D eigenvalue weighted by Crippen LogP contribution is 2.68. The largest absolute Gasteiger partial charge is 0.468 e. The van der Waals surface area contributed by atoms with Gasteiger partial charge in [0.25, 0.3) is 0 Å². The van der Waals surface area contributed by atoms with Crippen LogP contribution in [0.4, 0.5) is 14.4 Å². The van der Waals surface area contributed by atoms with Crippen molar-refractivity contribution in [1.29, 1.82) is 0 Å². The first-order valence-corrected chi connectivity index (χ1v) is 36.1. The molecule has 10 rings (SSSR count). The fourth-order valence-corrected chi connectivity index (χ4v) is 17.3. The highest BCUT2D eigenvalue weighted by atomic mass is 35.5. The predicted octanol–water partition coefficient (Wildman–Crippen LogP) is 7.88. The van der Waals surface area contributed by atoms with E-state index in [1.165, 1.54) is 47.5 Å². The van der Waals surface area contributed by atoms with Crippen LogP contribution in [0.1, 0.15) is 173 Å². The number of hydrogen-bond acceptors (Lipinski definition) is 20. The number of carbonyl (C=O) groups is 11. The molecule has 10 fully saturated rings. The van der Waals surface area contributed by atoms with Crippen LogP contribution >= 0.6 is 24.8 Å². The maximum atomic E-state index is 13.3.